The third-order valence-corrected chi connectivity index (χ3v) is 6.09. The highest BCUT2D eigenvalue weighted by molar-refractivity contribution is 6.76. The lowest BCUT2D eigenvalue weighted by Gasteiger charge is -2.15. The minimum atomic E-state index is -1.17. The van der Waals surface area contributed by atoms with Gasteiger partial charge >= 0.3 is 5.97 Å². The number of carboxylic acid groups (broad SMARTS) is 1. The average Bonchev–Trinajstić information content (AvgIpc) is 3.02. The molecule has 0 fully saturated rings. The number of hydrogen-bond acceptors (Lipinski definition) is 4. The Hall–Kier alpha value is -2.64. The SMILES string of the molecule is C[Si](C)(C)CCOCn1nc(C(=O)O)c2cc(OCc3ccccc3)ccc21. The summed E-state index contributed by atoms with van der Waals surface area (Å²) in [5.41, 5.74) is 1.78. The number of carbonyl (C=O) groups is 1. The molecule has 1 aromatic heterocycles. The van der Waals surface area contributed by atoms with E-state index in [2.05, 4.69) is 24.7 Å². The molecule has 1 heterocycles. The highest BCUT2D eigenvalue weighted by atomic mass is 28.3. The van der Waals surface area contributed by atoms with Gasteiger partial charge < -0.3 is 14.6 Å². The van der Waals surface area contributed by atoms with Crippen LogP contribution in [0.3, 0.4) is 0 Å². The van der Waals surface area contributed by atoms with Crippen molar-refractivity contribution in [3.05, 3.63) is 59.8 Å². The number of nitrogens with zero attached hydrogens (tertiary/aromatic N) is 2. The Bertz CT molecular complexity index is 948. The molecule has 0 spiro atoms. The summed E-state index contributed by atoms with van der Waals surface area (Å²) in [6.07, 6.45) is 0. The molecule has 0 unspecified atom stereocenters. The maximum atomic E-state index is 11.6. The number of fused-ring (bicyclic) bond motifs is 1. The van der Waals surface area contributed by atoms with Crippen molar-refractivity contribution in [3.63, 3.8) is 0 Å². The molecule has 148 valence electrons. The standard InChI is InChI=1S/C21H26N2O4Si/c1-28(2,3)12-11-26-15-23-19-10-9-17(13-18(19)20(22-23)21(24)25)27-14-16-7-5-4-6-8-16/h4-10,13H,11-12,14-15H2,1-3H3,(H,24,25). The van der Waals surface area contributed by atoms with Gasteiger partial charge in [-0.3, -0.25) is 0 Å². The molecular formula is C21H26N2O4Si. The monoisotopic (exact) mass is 398 g/mol. The molecule has 0 radical (unpaired) electrons. The first-order valence-corrected chi connectivity index (χ1v) is 13.0. The summed E-state index contributed by atoms with van der Waals surface area (Å²) in [7, 11) is -1.17. The van der Waals surface area contributed by atoms with Crippen LogP contribution in [0.25, 0.3) is 10.9 Å². The summed E-state index contributed by atoms with van der Waals surface area (Å²) in [6, 6.07) is 16.3. The zero-order chi connectivity index (χ0) is 20.1. The van der Waals surface area contributed by atoms with Gasteiger partial charge in [0.05, 0.1) is 5.52 Å². The lowest BCUT2D eigenvalue weighted by molar-refractivity contribution is 0.0676. The van der Waals surface area contributed by atoms with Crippen molar-refractivity contribution >= 4 is 24.9 Å². The van der Waals surface area contributed by atoms with Gasteiger partial charge in [-0.05, 0) is 29.8 Å². The molecule has 7 heteroatoms. The second kappa shape index (κ2) is 8.58. The van der Waals surface area contributed by atoms with Crippen LogP contribution in [0, 0.1) is 0 Å². The van der Waals surface area contributed by atoms with Gasteiger partial charge in [0.25, 0.3) is 0 Å². The van der Waals surface area contributed by atoms with E-state index in [0.717, 1.165) is 17.1 Å². The molecule has 0 aliphatic carbocycles. The highest BCUT2D eigenvalue weighted by Gasteiger charge is 2.18. The molecular weight excluding hydrogens is 372 g/mol. The van der Waals surface area contributed by atoms with Crippen LogP contribution in [0.5, 0.6) is 5.75 Å². The van der Waals surface area contributed by atoms with Gasteiger partial charge in [-0.1, -0.05) is 50.0 Å². The number of benzene rings is 2. The van der Waals surface area contributed by atoms with Crippen LogP contribution in [-0.4, -0.2) is 35.5 Å². The molecule has 0 saturated heterocycles. The summed E-state index contributed by atoms with van der Waals surface area (Å²) in [6.45, 7) is 8.18. The van der Waals surface area contributed by atoms with Crippen LogP contribution in [0.4, 0.5) is 0 Å². The number of hydrogen-bond donors (Lipinski definition) is 1. The Morgan fingerprint density at radius 3 is 2.57 bits per heavy atom. The molecule has 0 amide bonds. The van der Waals surface area contributed by atoms with Gasteiger partial charge in [-0.15, -0.1) is 0 Å². The Labute approximate surface area is 165 Å². The van der Waals surface area contributed by atoms with Gasteiger partial charge in [0, 0.05) is 20.1 Å². The van der Waals surface area contributed by atoms with Crippen LogP contribution in [0.1, 0.15) is 16.1 Å². The van der Waals surface area contributed by atoms with Gasteiger partial charge in [-0.2, -0.15) is 5.10 Å². The molecule has 28 heavy (non-hydrogen) atoms. The van der Waals surface area contributed by atoms with Gasteiger partial charge in [0.2, 0.25) is 0 Å². The van der Waals surface area contributed by atoms with Crippen LogP contribution in [0.2, 0.25) is 25.7 Å². The van der Waals surface area contributed by atoms with E-state index in [0.29, 0.717) is 24.3 Å². The topological polar surface area (TPSA) is 73.6 Å². The van der Waals surface area contributed by atoms with E-state index in [1.165, 1.54) is 0 Å². The van der Waals surface area contributed by atoms with Gasteiger partial charge in [0.1, 0.15) is 19.1 Å². The molecule has 6 nitrogen and oxygen atoms in total. The van der Waals surface area contributed by atoms with Crippen LogP contribution < -0.4 is 4.74 Å². The van der Waals surface area contributed by atoms with E-state index in [1.54, 1.807) is 10.7 Å². The zero-order valence-corrected chi connectivity index (χ0v) is 17.5. The second-order valence-corrected chi connectivity index (χ2v) is 13.6. The van der Waals surface area contributed by atoms with Crippen LogP contribution in [-0.2, 0) is 18.1 Å². The molecule has 1 N–H and O–H groups in total. The molecule has 0 saturated carbocycles. The molecule has 0 bridgehead atoms. The number of aromatic carboxylic acids is 1. The first kappa shape index (κ1) is 20.1. The Morgan fingerprint density at radius 1 is 1.14 bits per heavy atom. The Morgan fingerprint density at radius 2 is 1.89 bits per heavy atom. The van der Waals surface area contributed by atoms with Crippen molar-refractivity contribution < 1.29 is 19.4 Å². The minimum Gasteiger partial charge on any atom is -0.489 e. The Balaban J connectivity index is 1.76. The minimum absolute atomic E-state index is 0.00829. The molecule has 0 atom stereocenters. The zero-order valence-electron chi connectivity index (χ0n) is 16.5. The van der Waals surface area contributed by atoms with Crippen molar-refractivity contribution in [3.8, 4) is 5.75 Å². The van der Waals surface area contributed by atoms with Gasteiger partial charge in [-0.25, -0.2) is 9.48 Å². The quantitative estimate of drug-likeness (QED) is 0.420. The maximum Gasteiger partial charge on any atom is 0.357 e. The van der Waals surface area contributed by atoms with Crippen molar-refractivity contribution in [2.75, 3.05) is 6.61 Å². The summed E-state index contributed by atoms with van der Waals surface area (Å²) >= 11 is 0. The fraction of sp³-hybridized carbons (Fsp3) is 0.333. The summed E-state index contributed by atoms with van der Waals surface area (Å²) in [5.74, 6) is -0.455. The summed E-state index contributed by atoms with van der Waals surface area (Å²) in [5, 5.41) is 14.3. The van der Waals surface area contributed by atoms with Crippen molar-refractivity contribution in [1.29, 1.82) is 0 Å². The van der Waals surface area contributed by atoms with E-state index in [4.69, 9.17) is 9.47 Å². The van der Waals surface area contributed by atoms with Crippen molar-refractivity contribution in [1.82, 2.24) is 9.78 Å². The highest BCUT2D eigenvalue weighted by Crippen LogP contribution is 2.25. The first-order valence-electron chi connectivity index (χ1n) is 9.32. The maximum absolute atomic E-state index is 11.6. The lowest BCUT2D eigenvalue weighted by Crippen LogP contribution is -2.22. The van der Waals surface area contributed by atoms with E-state index in [-0.39, 0.29) is 12.4 Å². The fourth-order valence-corrected chi connectivity index (χ4v) is 3.53. The normalized spacial score (nSPS) is 11.7. The second-order valence-electron chi connectivity index (χ2n) is 7.95. The number of ether oxygens (including phenoxy) is 2. The first-order chi connectivity index (χ1) is 13.3. The fourth-order valence-electron chi connectivity index (χ4n) is 2.77. The molecule has 2 aromatic carbocycles. The van der Waals surface area contributed by atoms with Crippen molar-refractivity contribution in [2.24, 2.45) is 0 Å². The molecule has 0 aliphatic rings. The lowest BCUT2D eigenvalue weighted by atomic mass is 10.2. The molecule has 0 aliphatic heterocycles. The predicted molar refractivity (Wildman–Crippen MR) is 112 cm³/mol. The van der Waals surface area contributed by atoms with Crippen LogP contribution in [0.15, 0.2) is 48.5 Å². The third-order valence-electron chi connectivity index (χ3n) is 4.38. The largest absolute Gasteiger partial charge is 0.489 e. The Kier molecular flexibility index (Phi) is 6.16. The number of carboxylic acids is 1. The van der Waals surface area contributed by atoms with E-state index in [1.807, 2.05) is 42.5 Å². The summed E-state index contributed by atoms with van der Waals surface area (Å²) in [4.78, 5) is 11.6. The predicted octanol–water partition coefficient (Wildman–Crippen LogP) is 4.63. The van der Waals surface area contributed by atoms with Crippen molar-refractivity contribution in [2.45, 2.75) is 39.0 Å². The number of aromatic nitrogens is 2. The molecule has 3 aromatic rings. The molecule has 3 rings (SSSR count). The van der Waals surface area contributed by atoms with E-state index < -0.39 is 14.0 Å². The van der Waals surface area contributed by atoms with E-state index >= 15 is 0 Å². The number of rotatable bonds is 9. The van der Waals surface area contributed by atoms with E-state index in [9.17, 15) is 9.90 Å². The van der Waals surface area contributed by atoms with Gasteiger partial charge in [0.15, 0.2) is 5.69 Å². The smallest absolute Gasteiger partial charge is 0.357 e. The summed E-state index contributed by atoms with van der Waals surface area (Å²) < 4.78 is 13.2. The third kappa shape index (κ3) is 5.21. The average molecular weight is 399 g/mol. The van der Waals surface area contributed by atoms with Crippen LogP contribution >= 0.6 is 0 Å².